The van der Waals surface area contributed by atoms with Gasteiger partial charge in [-0.05, 0) is 0 Å². The van der Waals surface area contributed by atoms with E-state index in [1.54, 1.807) is 4.90 Å². The van der Waals surface area contributed by atoms with Crippen LogP contribution in [0.1, 0.15) is 0 Å². The predicted molar refractivity (Wildman–Crippen MR) is 47.6 cm³/mol. The van der Waals surface area contributed by atoms with Gasteiger partial charge in [-0.2, -0.15) is 0 Å². The Morgan fingerprint density at radius 1 is 1.29 bits per heavy atom. The van der Waals surface area contributed by atoms with Crippen molar-refractivity contribution in [2.75, 3.05) is 26.3 Å². The van der Waals surface area contributed by atoms with Crippen LogP contribution in [0.5, 0.6) is 0 Å². The van der Waals surface area contributed by atoms with Crippen LogP contribution in [-0.4, -0.2) is 81.1 Å². The topological polar surface area (TPSA) is 104 Å². The molecule has 0 aromatic heterocycles. The first-order valence-corrected chi connectivity index (χ1v) is 4.60. The van der Waals surface area contributed by atoms with Crippen LogP contribution in [0.3, 0.4) is 0 Å². The van der Waals surface area contributed by atoms with Gasteiger partial charge in [0.15, 0.2) is 0 Å². The molecule has 1 saturated heterocycles. The maximum atomic E-state index is 9.42. The highest BCUT2D eigenvalue weighted by molar-refractivity contribution is 4.93. The Bertz CT molecular complexity index is 179. The van der Waals surface area contributed by atoms with Crippen LogP contribution in [0.2, 0.25) is 0 Å². The molecule has 0 aromatic rings. The molecule has 4 atom stereocenters. The zero-order valence-electron chi connectivity index (χ0n) is 7.82. The summed E-state index contributed by atoms with van der Waals surface area (Å²) in [4.78, 5) is 1.57. The highest BCUT2D eigenvalue weighted by Crippen LogP contribution is 2.18. The van der Waals surface area contributed by atoms with Crippen molar-refractivity contribution in [1.82, 2.24) is 4.90 Å². The number of likely N-dealkylation sites (tertiary alicyclic amines) is 1. The van der Waals surface area contributed by atoms with E-state index in [0.29, 0.717) is 0 Å². The molecule has 0 spiro atoms. The summed E-state index contributed by atoms with van der Waals surface area (Å²) in [5, 5.41) is 45.5. The van der Waals surface area contributed by atoms with Crippen molar-refractivity contribution in [3.05, 3.63) is 0 Å². The summed E-state index contributed by atoms with van der Waals surface area (Å²) in [6, 6.07) is -0.564. The molecule has 1 rings (SSSR count). The maximum absolute atomic E-state index is 9.42. The summed E-state index contributed by atoms with van der Waals surface area (Å²) < 4.78 is 0. The standard InChI is InChI=1S/C8H17NO5/c10-3-5(12)1-9-2-7(13)8(14)6(9)4-11/h5-8,10-14H,1-4H2. The smallest absolute Gasteiger partial charge is 0.0988 e. The van der Waals surface area contributed by atoms with E-state index in [9.17, 15) is 10.2 Å². The summed E-state index contributed by atoms with van der Waals surface area (Å²) in [5.74, 6) is 0. The van der Waals surface area contributed by atoms with Crippen molar-refractivity contribution < 1.29 is 25.5 Å². The molecule has 0 aromatic carbocycles. The lowest BCUT2D eigenvalue weighted by atomic mass is 10.1. The molecule has 1 heterocycles. The lowest BCUT2D eigenvalue weighted by Crippen LogP contribution is -2.43. The Morgan fingerprint density at radius 3 is 2.43 bits per heavy atom. The zero-order valence-corrected chi connectivity index (χ0v) is 7.82. The normalized spacial score (nSPS) is 36.2. The molecular weight excluding hydrogens is 190 g/mol. The van der Waals surface area contributed by atoms with Gasteiger partial charge < -0.3 is 25.5 Å². The second kappa shape index (κ2) is 5.01. The van der Waals surface area contributed by atoms with E-state index in [4.69, 9.17) is 15.3 Å². The molecule has 0 radical (unpaired) electrons. The lowest BCUT2D eigenvalue weighted by Gasteiger charge is -2.25. The molecule has 1 fully saturated rings. The first kappa shape index (κ1) is 11.8. The molecule has 0 amide bonds. The second-order valence-electron chi connectivity index (χ2n) is 3.60. The highest BCUT2D eigenvalue weighted by atomic mass is 16.3. The van der Waals surface area contributed by atoms with Gasteiger partial charge in [0.2, 0.25) is 0 Å². The quantitative estimate of drug-likeness (QED) is 0.331. The highest BCUT2D eigenvalue weighted by Gasteiger charge is 2.39. The number of rotatable bonds is 4. The molecule has 6 nitrogen and oxygen atoms in total. The Labute approximate surface area is 82.0 Å². The molecule has 0 saturated carbocycles. The van der Waals surface area contributed by atoms with Crippen molar-refractivity contribution in [3.63, 3.8) is 0 Å². The molecule has 84 valence electrons. The minimum atomic E-state index is -0.995. The monoisotopic (exact) mass is 207 g/mol. The van der Waals surface area contributed by atoms with Gasteiger partial charge in [0.05, 0.1) is 37.6 Å². The van der Waals surface area contributed by atoms with E-state index in [2.05, 4.69) is 0 Å². The Hall–Kier alpha value is -0.240. The van der Waals surface area contributed by atoms with Crippen molar-refractivity contribution >= 4 is 0 Å². The van der Waals surface area contributed by atoms with Gasteiger partial charge in [-0.3, -0.25) is 4.90 Å². The Balaban J connectivity index is 2.52. The summed E-state index contributed by atoms with van der Waals surface area (Å²) in [6.45, 7) is -0.323. The summed E-state index contributed by atoms with van der Waals surface area (Å²) in [5.41, 5.74) is 0. The molecule has 1 aliphatic heterocycles. The molecule has 14 heavy (non-hydrogen) atoms. The summed E-state index contributed by atoms with van der Waals surface area (Å²) in [6.07, 6.45) is -2.81. The fourth-order valence-electron chi connectivity index (χ4n) is 1.72. The van der Waals surface area contributed by atoms with Gasteiger partial charge in [-0.25, -0.2) is 0 Å². The molecule has 6 heteroatoms. The van der Waals surface area contributed by atoms with Gasteiger partial charge in [0, 0.05) is 13.1 Å². The Kier molecular flexibility index (Phi) is 4.24. The molecule has 1 aliphatic rings. The zero-order chi connectivity index (χ0) is 10.7. The van der Waals surface area contributed by atoms with Crippen LogP contribution >= 0.6 is 0 Å². The van der Waals surface area contributed by atoms with E-state index < -0.39 is 24.4 Å². The molecule has 0 aliphatic carbocycles. The van der Waals surface area contributed by atoms with Crippen molar-refractivity contribution in [2.24, 2.45) is 0 Å². The van der Waals surface area contributed by atoms with E-state index in [1.807, 2.05) is 0 Å². The van der Waals surface area contributed by atoms with Gasteiger partial charge >= 0.3 is 0 Å². The minimum absolute atomic E-state index is 0.135. The minimum Gasteiger partial charge on any atom is -0.395 e. The summed E-state index contributed by atoms with van der Waals surface area (Å²) in [7, 11) is 0. The van der Waals surface area contributed by atoms with Gasteiger partial charge in [-0.15, -0.1) is 0 Å². The number of aliphatic hydroxyl groups excluding tert-OH is 5. The van der Waals surface area contributed by atoms with Crippen LogP contribution in [0.25, 0.3) is 0 Å². The lowest BCUT2D eigenvalue weighted by molar-refractivity contribution is 0.0104. The van der Waals surface area contributed by atoms with E-state index in [0.717, 1.165) is 0 Å². The fraction of sp³-hybridized carbons (Fsp3) is 1.00. The number of aliphatic hydroxyl groups is 5. The van der Waals surface area contributed by atoms with Crippen LogP contribution in [0, 0.1) is 0 Å². The van der Waals surface area contributed by atoms with E-state index >= 15 is 0 Å². The second-order valence-corrected chi connectivity index (χ2v) is 3.60. The number of β-amino-alcohol motifs (C(OH)–C–C–N with tert-alkyl or cyclic N) is 2. The number of hydrogen-bond acceptors (Lipinski definition) is 6. The van der Waals surface area contributed by atoms with Crippen LogP contribution < -0.4 is 0 Å². The van der Waals surface area contributed by atoms with Crippen molar-refractivity contribution in [1.29, 1.82) is 0 Å². The SMILES string of the molecule is OCC(O)CN1CC(O)C(O)C1CO. The third-order valence-corrected chi connectivity index (χ3v) is 2.52. The van der Waals surface area contributed by atoms with Crippen LogP contribution in [-0.2, 0) is 0 Å². The van der Waals surface area contributed by atoms with Gasteiger partial charge in [0.1, 0.15) is 0 Å². The molecule has 0 bridgehead atoms. The largest absolute Gasteiger partial charge is 0.395 e. The molecule has 5 N–H and O–H groups in total. The first-order chi connectivity index (χ1) is 6.60. The maximum Gasteiger partial charge on any atom is 0.0988 e. The average Bonchev–Trinajstić information content (AvgIpc) is 2.42. The van der Waals surface area contributed by atoms with Crippen LogP contribution in [0.4, 0.5) is 0 Å². The number of nitrogens with zero attached hydrogens (tertiary/aromatic N) is 1. The fourth-order valence-corrected chi connectivity index (χ4v) is 1.72. The number of hydrogen-bond donors (Lipinski definition) is 5. The Morgan fingerprint density at radius 2 is 1.93 bits per heavy atom. The van der Waals surface area contributed by atoms with Crippen LogP contribution in [0.15, 0.2) is 0 Å². The predicted octanol–water partition coefficient (Wildman–Crippen LogP) is -3.26. The summed E-state index contributed by atoms with van der Waals surface area (Å²) >= 11 is 0. The van der Waals surface area contributed by atoms with E-state index in [-0.39, 0.29) is 26.3 Å². The third-order valence-electron chi connectivity index (χ3n) is 2.52. The van der Waals surface area contributed by atoms with Gasteiger partial charge in [-0.1, -0.05) is 0 Å². The van der Waals surface area contributed by atoms with Gasteiger partial charge in [0.25, 0.3) is 0 Å². The van der Waals surface area contributed by atoms with Crippen molar-refractivity contribution in [3.8, 4) is 0 Å². The third kappa shape index (κ3) is 2.41. The van der Waals surface area contributed by atoms with E-state index in [1.165, 1.54) is 0 Å². The molecule has 4 unspecified atom stereocenters. The average molecular weight is 207 g/mol. The molecular formula is C8H17NO5. The first-order valence-electron chi connectivity index (χ1n) is 4.60. The van der Waals surface area contributed by atoms with Crippen molar-refractivity contribution in [2.45, 2.75) is 24.4 Å².